The van der Waals surface area contributed by atoms with Gasteiger partial charge in [-0.15, -0.1) is 4.73 Å². The average Bonchev–Trinajstić information content (AvgIpc) is 1.67. The van der Waals surface area contributed by atoms with Gasteiger partial charge in [-0.05, 0) is 82.7 Å². The quantitative estimate of drug-likeness (QED) is 0.0225. The standard InChI is InChI=1S/C88H145Cl2N5O37S/c1-87(2,3)131-85(102)76(14-11-72-9-12-73(13-10-72)93-83(100)82-74(89)7-6-8-75(82)90)94-86(103)88(18-4-5-19-88)20-21-91-79(97)17-23-107-25-27-109-29-31-111-33-35-113-37-39-115-41-43-117-45-47-119-49-51-121-53-55-123-57-59-125-61-63-127-65-67-129-69-70-130-68-66-128-64-62-126-60-58-124-56-54-122-52-50-120-48-46-118-44-42-116-40-38-114-36-34-112-32-30-110-28-26-108-24-22-92-78(96)15-16-81(99)132-95-80(98)71-77(84(95)101)133(104,105)106/h6-10,12-13,71,76,98,101H,4-5,11,14-70H2,1-3H3,(H,91,97)(H,92,96)(H,93,100)(H,94,103)(H,104,105,106). The van der Waals surface area contributed by atoms with Crippen LogP contribution in [0.25, 0.3) is 0 Å². The lowest BCUT2D eigenvalue weighted by Gasteiger charge is -2.31. The molecular formula is C88H145Cl2N5O37S. The zero-order valence-corrected chi connectivity index (χ0v) is 79.8. The number of aromatic hydroxyl groups is 2. The van der Waals surface area contributed by atoms with E-state index < -0.39 is 74.0 Å². The number of carbonyl (C=O) groups excluding carboxylic acids is 6. The minimum absolute atomic E-state index is 0.109. The Morgan fingerprint density at radius 3 is 1.05 bits per heavy atom. The van der Waals surface area contributed by atoms with E-state index in [9.17, 15) is 47.4 Å². The van der Waals surface area contributed by atoms with Crippen LogP contribution in [0.2, 0.25) is 10.0 Å². The van der Waals surface area contributed by atoms with Crippen LogP contribution in [0, 0.1) is 5.41 Å². The highest BCUT2D eigenvalue weighted by atomic mass is 35.5. The summed E-state index contributed by atoms with van der Waals surface area (Å²) < 4.78 is 170. The molecule has 7 N–H and O–H groups in total. The number of anilines is 1. The second kappa shape index (κ2) is 78.6. The lowest BCUT2D eigenvalue weighted by Crippen LogP contribution is -2.50. The number of ether oxygens (including phenoxy) is 25. The highest BCUT2D eigenvalue weighted by Crippen LogP contribution is 2.41. The first-order valence-electron chi connectivity index (χ1n) is 45.2. The van der Waals surface area contributed by atoms with Crippen LogP contribution in [-0.4, -0.2) is 405 Å². The molecule has 1 heterocycles. The molecule has 2 aromatic carbocycles. The molecule has 0 bridgehead atoms. The van der Waals surface area contributed by atoms with Gasteiger partial charge in [0, 0.05) is 37.7 Å². The summed E-state index contributed by atoms with van der Waals surface area (Å²) in [6, 6.07) is 11.6. The summed E-state index contributed by atoms with van der Waals surface area (Å²) in [5.41, 5.74) is 0.0898. The summed E-state index contributed by atoms with van der Waals surface area (Å²) in [4.78, 5) is 80.8. The molecule has 4 amide bonds. The maximum atomic E-state index is 14.1. The second-order valence-corrected chi connectivity index (χ2v) is 32.4. The lowest BCUT2D eigenvalue weighted by atomic mass is 9.81. The van der Waals surface area contributed by atoms with E-state index in [1.165, 1.54) is 0 Å². The van der Waals surface area contributed by atoms with Crippen molar-refractivity contribution in [3.8, 4) is 11.8 Å². The van der Waals surface area contributed by atoms with E-state index in [1.54, 1.807) is 51.1 Å². The number of nitrogens with zero attached hydrogens (tertiary/aromatic N) is 1. The average molecular weight is 1970 g/mol. The maximum absolute atomic E-state index is 14.1. The minimum atomic E-state index is -4.88. The first kappa shape index (κ1) is 119. The smallest absolute Gasteiger partial charge is 0.333 e. The molecule has 764 valence electrons. The van der Waals surface area contributed by atoms with Crippen molar-refractivity contribution in [3.63, 3.8) is 0 Å². The Morgan fingerprint density at radius 1 is 0.421 bits per heavy atom. The first-order chi connectivity index (χ1) is 64.6. The Kier molecular flexibility index (Phi) is 70.3. The van der Waals surface area contributed by atoms with Crippen LogP contribution in [0.4, 0.5) is 5.69 Å². The van der Waals surface area contributed by atoms with Gasteiger partial charge in [-0.3, -0.25) is 23.7 Å². The van der Waals surface area contributed by atoms with Gasteiger partial charge < -0.3 is 155 Å². The molecule has 1 saturated carbocycles. The number of amides is 4. The van der Waals surface area contributed by atoms with E-state index in [2.05, 4.69) is 26.1 Å². The number of halogens is 2. The number of rotatable bonds is 91. The number of esters is 1. The van der Waals surface area contributed by atoms with Crippen molar-refractivity contribution in [1.29, 1.82) is 0 Å². The maximum Gasteiger partial charge on any atom is 0.333 e. The fraction of sp³-hybridized carbons (Fsp3) is 0.750. The molecule has 3 aromatic rings. The molecule has 133 heavy (non-hydrogen) atoms. The van der Waals surface area contributed by atoms with Crippen molar-refractivity contribution in [2.24, 2.45) is 5.41 Å². The van der Waals surface area contributed by atoms with Gasteiger partial charge in [-0.1, -0.05) is 54.2 Å². The Morgan fingerprint density at radius 2 is 0.729 bits per heavy atom. The Bertz CT molecular complexity index is 3570. The van der Waals surface area contributed by atoms with Gasteiger partial charge in [-0.25, -0.2) is 9.59 Å². The van der Waals surface area contributed by atoms with Crippen LogP contribution in [0.5, 0.6) is 11.8 Å². The number of carbonyl (C=O) groups is 6. The van der Waals surface area contributed by atoms with Gasteiger partial charge in [0.2, 0.25) is 23.6 Å². The molecule has 1 unspecified atom stereocenters. The monoisotopic (exact) mass is 1970 g/mol. The van der Waals surface area contributed by atoms with Crippen LogP contribution in [0.3, 0.4) is 0 Å². The molecule has 4 rings (SSSR count). The van der Waals surface area contributed by atoms with Crippen molar-refractivity contribution in [1.82, 2.24) is 20.7 Å². The van der Waals surface area contributed by atoms with E-state index in [0.717, 1.165) is 18.4 Å². The normalized spacial score (nSPS) is 12.9. The summed E-state index contributed by atoms with van der Waals surface area (Å²) in [5.74, 6) is -5.12. The Balaban J connectivity index is 0.744. The molecular weight excluding hydrogens is 1820 g/mol. The van der Waals surface area contributed by atoms with Gasteiger partial charge in [0.25, 0.3) is 21.9 Å². The highest BCUT2D eigenvalue weighted by Gasteiger charge is 2.43. The molecule has 1 aromatic heterocycles. The molecule has 1 atom stereocenters. The topological polar surface area (TPSA) is 490 Å². The van der Waals surface area contributed by atoms with E-state index >= 15 is 0 Å². The van der Waals surface area contributed by atoms with Crippen LogP contribution in [-0.2, 0) is 159 Å². The van der Waals surface area contributed by atoms with Crippen molar-refractivity contribution < 1.29 is 175 Å². The van der Waals surface area contributed by atoms with E-state index in [-0.39, 0.29) is 77.8 Å². The molecule has 0 radical (unpaired) electrons. The molecule has 0 saturated heterocycles. The SMILES string of the molecule is CC(C)(C)OC(=O)C(CCc1ccc(NC(=O)c2c(Cl)cccc2Cl)cc1)NC(=O)C1(CCNC(=O)CCOCCOCCOCCOCCOCCOCCOCCOCCOCCOCCOCCOCCOCCOCCOCCOCCOCCOCCOCCOCCOCCOCCOCCOCCNC(=O)CCC(=O)On2c(O)cc(S(=O)(=O)O)c2O)CCCC1. The number of nitrogens with one attached hydrogen (secondary N) is 4. The van der Waals surface area contributed by atoms with E-state index in [4.69, 9.17) is 146 Å². The van der Waals surface area contributed by atoms with Gasteiger partial charge in [-0.2, -0.15) is 8.42 Å². The van der Waals surface area contributed by atoms with Crippen molar-refractivity contribution in [3.05, 3.63) is 69.7 Å². The zero-order chi connectivity index (χ0) is 96.0. The van der Waals surface area contributed by atoms with Gasteiger partial charge in [0.05, 0.1) is 345 Å². The predicted octanol–water partition coefficient (Wildman–Crippen LogP) is 4.87. The Hall–Kier alpha value is -6.33. The first-order valence-corrected chi connectivity index (χ1v) is 47.4. The third-order valence-electron chi connectivity index (χ3n) is 18.6. The van der Waals surface area contributed by atoms with Crippen LogP contribution in [0.1, 0.15) is 94.5 Å². The molecule has 1 aliphatic rings. The van der Waals surface area contributed by atoms with E-state index in [1.807, 2.05) is 12.1 Å². The second-order valence-electron chi connectivity index (χ2n) is 30.2. The van der Waals surface area contributed by atoms with Crippen LogP contribution >= 0.6 is 23.2 Å². The largest absolute Gasteiger partial charge is 0.492 e. The lowest BCUT2D eigenvalue weighted by molar-refractivity contribution is -0.159. The third-order valence-corrected chi connectivity index (χ3v) is 20.1. The molecule has 0 spiro atoms. The number of hydrogen-bond donors (Lipinski definition) is 7. The van der Waals surface area contributed by atoms with Gasteiger partial charge in [0.15, 0.2) is 4.90 Å². The fourth-order valence-corrected chi connectivity index (χ4v) is 13.0. The van der Waals surface area contributed by atoms with Crippen molar-refractivity contribution in [2.45, 2.75) is 102 Å². The number of hydrogen-bond acceptors (Lipinski definition) is 36. The predicted molar refractivity (Wildman–Crippen MR) is 481 cm³/mol. The summed E-state index contributed by atoms with van der Waals surface area (Å²) in [6.07, 6.45) is 3.55. The van der Waals surface area contributed by atoms with Gasteiger partial charge >= 0.3 is 11.9 Å². The van der Waals surface area contributed by atoms with Crippen molar-refractivity contribution >= 4 is 74.6 Å². The summed E-state index contributed by atoms with van der Waals surface area (Å²) in [7, 11) is -4.88. The van der Waals surface area contributed by atoms with Crippen LogP contribution in [0.15, 0.2) is 53.4 Å². The molecule has 1 aliphatic carbocycles. The molecule has 42 nitrogen and oxygen atoms in total. The summed E-state index contributed by atoms with van der Waals surface area (Å²) in [6.45, 7) is 25.7. The zero-order valence-electron chi connectivity index (χ0n) is 77.5. The minimum Gasteiger partial charge on any atom is -0.492 e. The van der Waals surface area contributed by atoms with Gasteiger partial charge in [0.1, 0.15) is 11.6 Å². The molecule has 1 fully saturated rings. The Labute approximate surface area is 790 Å². The molecule has 0 aliphatic heterocycles. The number of benzene rings is 2. The third kappa shape index (κ3) is 63.0. The van der Waals surface area contributed by atoms with Crippen molar-refractivity contribution in [2.75, 3.05) is 336 Å². The van der Waals surface area contributed by atoms with E-state index in [0.29, 0.717) is 341 Å². The highest BCUT2D eigenvalue weighted by molar-refractivity contribution is 7.86. The number of aryl methyl sites for hydroxylation is 1. The van der Waals surface area contributed by atoms with Crippen LogP contribution < -0.4 is 26.1 Å². The fourth-order valence-electron chi connectivity index (χ4n) is 11.8. The molecule has 45 heteroatoms. The summed E-state index contributed by atoms with van der Waals surface area (Å²) >= 11 is 12.4. The number of aromatic nitrogens is 1. The summed E-state index contributed by atoms with van der Waals surface area (Å²) in [5, 5.41) is 31.2.